The molecule has 10 heteroatoms. The zero-order chi connectivity index (χ0) is 17.3. The lowest BCUT2D eigenvalue weighted by atomic mass is 9.81. The van der Waals surface area contributed by atoms with Gasteiger partial charge in [0, 0.05) is 6.54 Å². The average Bonchev–Trinajstić information content (AvgIpc) is 2.55. The fourth-order valence-corrected chi connectivity index (χ4v) is 1.56. The molecule has 0 aliphatic heterocycles. The van der Waals surface area contributed by atoms with E-state index in [2.05, 4.69) is 21.2 Å². The Kier molecular flexibility index (Phi) is 15.2. The van der Waals surface area contributed by atoms with Crippen LogP contribution in [0.2, 0.25) is 0 Å². The lowest BCUT2D eigenvalue weighted by Gasteiger charge is -2.29. The summed E-state index contributed by atoms with van der Waals surface area (Å²) in [4.78, 5) is 32.3. The minimum atomic E-state index is -1.11. The molecule has 0 rings (SSSR count). The molecule has 22 heavy (non-hydrogen) atoms. The maximum atomic E-state index is 12.1. The first-order chi connectivity index (χ1) is 10.7. The molecule has 0 saturated carbocycles. The normalized spacial score (nSPS) is 9.55. The van der Waals surface area contributed by atoms with Crippen molar-refractivity contribution in [2.75, 3.05) is 26.4 Å². The van der Waals surface area contributed by atoms with Crippen LogP contribution < -0.4 is 17.4 Å². The highest BCUT2D eigenvalue weighted by molar-refractivity contribution is 5.77. The molecule has 6 N–H and O–H groups in total. The Hall–Kier alpha value is -2.22. The molecule has 0 bridgehead atoms. The van der Waals surface area contributed by atoms with E-state index in [-0.39, 0.29) is 58.6 Å². The zero-order valence-corrected chi connectivity index (χ0v) is 12.2. The van der Waals surface area contributed by atoms with Gasteiger partial charge in [0.2, 0.25) is 0 Å². The van der Waals surface area contributed by atoms with Crippen molar-refractivity contribution >= 4 is 18.9 Å². The number of nitrogens with two attached hydrogens (primary N) is 3. The molecule has 0 radical (unpaired) electrons. The predicted molar refractivity (Wildman–Crippen MR) is 74.3 cm³/mol. The Bertz CT molecular complexity index is 344. The zero-order valence-electron chi connectivity index (χ0n) is 12.2. The standard InChI is InChI=1S/C12H18N2O6.H4N2/c13-4-1-5-20-11(17)12(8-14,2-6-18-9-15)3-7-19-10-16;1-2/h9-10H,1-3,5-8,14H2;1-2H2. The molecule has 0 saturated heterocycles. The molecule has 0 aliphatic carbocycles. The van der Waals surface area contributed by atoms with Crippen LogP contribution in [0, 0.1) is 16.7 Å². The Morgan fingerprint density at radius 3 is 1.95 bits per heavy atom. The Balaban J connectivity index is 0. The second kappa shape index (κ2) is 15.2. The van der Waals surface area contributed by atoms with Gasteiger partial charge in [0.25, 0.3) is 12.9 Å². The first-order valence-corrected chi connectivity index (χ1v) is 6.35. The predicted octanol–water partition coefficient (Wildman–Crippen LogP) is -1.67. The lowest BCUT2D eigenvalue weighted by molar-refractivity contribution is -0.159. The number of esters is 1. The number of carbonyl (C=O) groups excluding carboxylic acids is 3. The number of carbonyl (C=O) groups is 3. The first kappa shape index (κ1) is 22.1. The van der Waals surface area contributed by atoms with E-state index >= 15 is 0 Å². The molecule has 10 nitrogen and oxygen atoms in total. The molecule has 0 aromatic carbocycles. The van der Waals surface area contributed by atoms with Crippen LogP contribution >= 0.6 is 0 Å². The van der Waals surface area contributed by atoms with Gasteiger partial charge >= 0.3 is 5.97 Å². The number of nitrogens with zero attached hydrogens (tertiary/aromatic N) is 1. The first-order valence-electron chi connectivity index (χ1n) is 6.35. The van der Waals surface area contributed by atoms with Gasteiger partial charge < -0.3 is 19.9 Å². The van der Waals surface area contributed by atoms with Crippen LogP contribution in [0.5, 0.6) is 0 Å². The van der Waals surface area contributed by atoms with Gasteiger partial charge in [-0.1, -0.05) is 0 Å². The number of ether oxygens (including phenoxy) is 3. The molecule has 0 amide bonds. The number of hydrazine groups is 1. The van der Waals surface area contributed by atoms with Crippen molar-refractivity contribution in [2.45, 2.75) is 19.3 Å². The summed E-state index contributed by atoms with van der Waals surface area (Å²) in [5.74, 6) is 7.40. The van der Waals surface area contributed by atoms with Gasteiger partial charge in [0.05, 0.1) is 31.1 Å². The van der Waals surface area contributed by atoms with E-state index < -0.39 is 11.4 Å². The molecule has 0 unspecified atom stereocenters. The van der Waals surface area contributed by atoms with E-state index in [1.165, 1.54) is 0 Å². The third kappa shape index (κ3) is 8.85. The highest BCUT2D eigenvalue weighted by Crippen LogP contribution is 2.27. The monoisotopic (exact) mass is 318 g/mol. The summed E-state index contributed by atoms with van der Waals surface area (Å²) >= 11 is 0. The SMILES string of the molecule is N#CCCOC(=O)C(CN)(CCOC=O)CCOC=O.NN. The molecule has 0 aromatic heterocycles. The Morgan fingerprint density at radius 1 is 1.09 bits per heavy atom. The van der Waals surface area contributed by atoms with Crippen molar-refractivity contribution in [1.29, 1.82) is 5.26 Å². The summed E-state index contributed by atoms with van der Waals surface area (Å²) in [6, 6.07) is 1.85. The van der Waals surface area contributed by atoms with E-state index in [0.29, 0.717) is 0 Å². The van der Waals surface area contributed by atoms with E-state index in [1.807, 2.05) is 6.07 Å². The van der Waals surface area contributed by atoms with E-state index in [1.54, 1.807) is 0 Å². The summed E-state index contributed by atoms with van der Waals surface area (Å²) < 4.78 is 14.1. The summed E-state index contributed by atoms with van der Waals surface area (Å²) in [7, 11) is 0. The van der Waals surface area contributed by atoms with Crippen LogP contribution in [0.15, 0.2) is 0 Å². The number of hydrogen-bond donors (Lipinski definition) is 3. The van der Waals surface area contributed by atoms with Crippen molar-refractivity contribution in [3.05, 3.63) is 0 Å². The minimum Gasteiger partial charge on any atom is -0.468 e. The van der Waals surface area contributed by atoms with Crippen LogP contribution in [0.4, 0.5) is 0 Å². The smallest absolute Gasteiger partial charge is 0.313 e. The van der Waals surface area contributed by atoms with Gasteiger partial charge in [0.1, 0.15) is 6.61 Å². The van der Waals surface area contributed by atoms with Crippen LogP contribution in [-0.2, 0) is 28.6 Å². The third-order valence-corrected chi connectivity index (χ3v) is 2.80. The molecule has 0 aromatic rings. The van der Waals surface area contributed by atoms with Crippen LogP contribution in [0.1, 0.15) is 19.3 Å². The summed E-state index contributed by atoms with van der Waals surface area (Å²) in [6.07, 6.45) is 0.369. The van der Waals surface area contributed by atoms with Gasteiger partial charge in [-0.15, -0.1) is 0 Å². The molecular weight excluding hydrogens is 296 g/mol. The number of hydrogen-bond acceptors (Lipinski definition) is 10. The third-order valence-electron chi connectivity index (χ3n) is 2.80. The minimum absolute atomic E-state index is 0.00482. The van der Waals surface area contributed by atoms with Crippen molar-refractivity contribution < 1.29 is 28.6 Å². The largest absolute Gasteiger partial charge is 0.468 e. The van der Waals surface area contributed by atoms with Gasteiger partial charge in [0.15, 0.2) is 0 Å². The summed E-state index contributed by atoms with van der Waals surface area (Å²) in [5, 5.41) is 8.40. The fraction of sp³-hybridized carbons (Fsp3) is 0.667. The second-order valence-electron chi connectivity index (χ2n) is 3.96. The van der Waals surface area contributed by atoms with Crippen molar-refractivity contribution in [1.82, 2.24) is 0 Å². The molecule has 126 valence electrons. The van der Waals surface area contributed by atoms with Crippen LogP contribution in [0.25, 0.3) is 0 Å². The summed E-state index contributed by atoms with van der Waals surface area (Å²) in [5.41, 5.74) is 4.51. The molecule has 0 spiro atoms. The summed E-state index contributed by atoms with van der Waals surface area (Å²) in [6.45, 7) is 0.432. The Labute approximate surface area is 128 Å². The van der Waals surface area contributed by atoms with Crippen molar-refractivity contribution in [3.63, 3.8) is 0 Å². The van der Waals surface area contributed by atoms with Gasteiger partial charge in [-0.05, 0) is 12.8 Å². The van der Waals surface area contributed by atoms with Gasteiger partial charge in [-0.2, -0.15) is 5.26 Å². The molecule has 0 aliphatic rings. The maximum absolute atomic E-state index is 12.1. The molecule has 0 fully saturated rings. The van der Waals surface area contributed by atoms with Gasteiger partial charge in [-0.3, -0.25) is 26.1 Å². The van der Waals surface area contributed by atoms with E-state index in [0.717, 1.165) is 0 Å². The van der Waals surface area contributed by atoms with E-state index in [4.69, 9.17) is 15.7 Å². The number of rotatable bonds is 12. The molecular formula is C12H22N4O6. The van der Waals surface area contributed by atoms with Crippen molar-refractivity contribution in [3.8, 4) is 6.07 Å². The van der Waals surface area contributed by atoms with Crippen LogP contribution in [-0.4, -0.2) is 45.3 Å². The van der Waals surface area contributed by atoms with E-state index in [9.17, 15) is 14.4 Å². The molecule has 0 atom stereocenters. The maximum Gasteiger partial charge on any atom is 0.313 e. The van der Waals surface area contributed by atoms with Crippen LogP contribution in [0.3, 0.4) is 0 Å². The average molecular weight is 318 g/mol. The van der Waals surface area contributed by atoms with Gasteiger partial charge in [-0.25, -0.2) is 0 Å². The topological polar surface area (TPSA) is 181 Å². The highest BCUT2D eigenvalue weighted by Gasteiger charge is 2.38. The highest BCUT2D eigenvalue weighted by atomic mass is 16.5. The molecule has 0 heterocycles. The second-order valence-corrected chi connectivity index (χ2v) is 3.96. The van der Waals surface area contributed by atoms with Crippen molar-refractivity contribution in [2.24, 2.45) is 22.8 Å². The quantitative estimate of drug-likeness (QED) is 0.0939. The Morgan fingerprint density at radius 2 is 1.59 bits per heavy atom. The fourth-order valence-electron chi connectivity index (χ4n) is 1.56. The number of nitriles is 1. The lowest BCUT2D eigenvalue weighted by Crippen LogP contribution is -2.42.